The molecule has 2 aromatic carbocycles. The minimum absolute atomic E-state index is 0.0507. The molecule has 0 aromatic heterocycles. The summed E-state index contributed by atoms with van der Waals surface area (Å²) in [5.41, 5.74) is 0.0507. The monoisotopic (exact) mass is 294 g/mol. The molecule has 0 unspecified atom stereocenters. The molecule has 104 valence electrons. The number of carbonyl (C=O) groups excluding carboxylic acids is 1. The van der Waals surface area contributed by atoms with E-state index in [4.69, 9.17) is 4.74 Å². The zero-order chi connectivity index (χ0) is 14.8. The second-order valence-corrected chi connectivity index (χ2v) is 6.14. The van der Waals surface area contributed by atoms with Gasteiger partial charge in [0.05, 0.1) is 10.5 Å². The van der Waals surface area contributed by atoms with Crippen molar-refractivity contribution in [1.29, 1.82) is 0 Å². The Balaban J connectivity index is 2.43. The summed E-state index contributed by atoms with van der Waals surface area (Å²) >= 11 is 0. The highest BCUT2D eigenvalue weighted by Crippen LogP contribution is 2.28. The second kappa shape index (κ2) is 5.42. The van der Waals surface area contributed by atoms with Crippen molar-refractivity contribution in [3.05, 3.63) is 53.8 Å². The second-order valence-electron chi connectivity index (χ2n) is 4.13. The predicted octanol–water partition coefficient (Wildman–Crippen LogP) is 2.83. The third kappa shape index (κ3) is 3.03. The van der Waals surface area contributed by atoms with Crippen LogP contribution in [0.25, 0.3) is 0 Å². The van der Waals surface area contributed by atoms with E-state index in [9.17, 15) is 17.6 Å². The molecule has 0 saturated heterocycles. The van der Waals surface area contributed by atoms with Crippen LogP contribution in [0.5, 0.6) is 11.5 Å². The third-order valence-corrected chi connectivity index (χ3v) is 3.69. The molecule has 0 N–H and O–H groups in total. The molecule has 0 spiro atoms. The van der Waals surface area contributed by atoms with Gasteiger partial charge in [-0.05, 0) is 30.3 Å². The Kier molecular flexibility index (Phi) is 3.85. The Labute approximate surface area is 115 Å². The van der Waals surface area contributed by atoms with E-state index in [0.29, 0.717) is 6.29 Å². The SMILES string of the molecule is CS(=O)(=O)c1cccc(Oc2c(F)cccc2C=O)c1. The van der Waals surface area contributed by atoms with Gasteiger partial charge in [0.1, 0.15) is 5.75 Å². The number of carbonyl (C=O) groups is 1. The standard InChI is InChI=1S/C14H11FO4S/c1-20(17,18)12-6-3-5-11(8-12)19-14-10(9-16)4-2-7-13(14)15/h2-9H,1H3. The van der Waals surface area contributed by atoms with Crippen molar-refractivity contribution in [1.82, 2.24) is 0 Å². The minimum Gasteiger partial charge on any atom is -0.453 e. The maximum atomic E-state index is 13.7. The Bertz CT molecular complexity index is 754. The molecule has 0 amide bonds. The summed E-state index contributed by atoms with van der Waals surface area (Å²) in [6.07, 6.45) is 1.53. The number of hydrogen-bond acceptors (Lipinski definition) is 4. The molecule has 6 heteroatoms. The molecule has 0 bridgehead atoms. The van der Waals surface area contributed by atoms with Crippen LogP contribution in [0.15, 0.2) is 47.4 Å². The lowest BCUT2D eigenvalue weighted by Gasteiger charge is -2.09. The van der Waals surface area contributed by atoms with Crippen LogP contribution in [0.2, 0.25) is 0 Å². The lowest BCUT2D eigenvalue weighted by Crippen LogP contribution is -1.98. The zero-order valence-electron chi connectivity index (χ0n) is 10.5. The van der Waals surface area contributed by atoms with Crippen LogP contribution < -0.4 is 4.74 Å². The quantitative estimate of drug-likeness (QED) is 0.814. The number of ether oxygens (including phenoxy) is 1. The Morgan fingerprint density at radius 1 is 1.15 bits per heavy atom. The molecular formula is C14H11FO4S. The number of aldehydes is 1. The number of sulfone groups is 1. The van der Waals surface area contributed by atoms with E-state index >= 15 is 0 Å². The highest BCUT2D eigenvalue weighted by Gasteiger charge is 2.12. The normalized spacial score (nSPS) is 11.1. The molecule has 2 aromatic rings. The summed E-state index contributed by atoms with van der Waals surface area (Å²) in [5.74, 6) is -0.784. The van der Waals surface area contributed by atoms with E-state index in [-0.39, 0.29) is 22.0 Å². The Morgan fingerprint density at radius 3 is 2.50 bits per heavy atom. The molecule has 20 heavy (non-hydrogen) atoms. The smallest absolute Gasteiger partial charge is 0.175 e. The molecule has 0 atom stereocenters. The molecule has 0 saturated carbocycles. The molecule has 0 radical (unpaired) electrons. The first-order chi connectivity index (χ1) is 9.41. The van der Waals surface area contributed by atoms with E-state index in [1.54, 1.807) is 0 Å². The molecule has 0 aliphatic heterocycles. The fourth-order valence-electron chi connectivity index (χ4n) is 1.61. The molecule has 0 fully saturated rings. The molecule has 0 aliphatic carbocycles. The van der Waals surface area contributed by atoms with E-state index < -0.39 is 15.7 Å². The van der Waals surface area contributed by atoms with E-state index in [2.05, 4.69) is 0 Å². The topological polar surface area (TPSA) is 60.4 Å². The van der Waals surface area contributed by atoms with E-state index in [1.807, 2.05) is 0 Å². The summed E-state index contributed by atoms with van der Waals surface area (Å²) in [6.45, 7) is 0. The average Bonchev–Trinajstić information content (AvgIpc) is 2.40. The molecule has 2 rings (SSSR count). The van der Waals surface area contributed by atoms with Crippen LogP contribution >= 0.6 is 0 Å². The van der Waals surface area contributed by atoms with Gasteiger partial charge in [0.2, 0.25) is 0 Å². The largest absolute Gasteiger partial charge is 0.453 e. The van der Waals surface area contributed by atoms with Gasteiger partial charge >= 0.3 is 0 Å². The maximum absolute atomic E-state index is 13.7. The minimum atomic E-state index is -3.39. The fourth-order valence-corrected chi connectivity index (χ4v) is 2.27. The van der Waals surface area contributed by atoms with Crippen molar-refractivity contribution >= 4 is 16.1 Å². The van der Waals surface area contributed by atoms with Crippen molar-refractivity contribution in [3.63, 3.8) is 0 Å². The lowest BCUT2D eigenvalue weighted by molar-refractivity contribution is 0.112. The predicted molar refractivity (Wildman–Crippen MR) is 71.4 cm³/mol. The maximum Gasteiger partial charge on any atom is 0.175 e. The van der Waals surface area contributed by atoms with Crippen LogP contribution in [0.1, 0.15) is 10.4 Å². The number of benzene rings is 2. The van der Waals surface area contributed by atoms with Crippen molar-refractivity contribution < 1.29 is 22.3 Å². The van der Waals surface area contributed by atoms with Crippen LogP contribution in [0, 0.1) is 5.82 Å². The van der Waals surface area contributed by atoms with Crippen molar-refractivity contribution in [2.45, 2.75) is 4.90 Å². The number of para-hydroxylation sites is 1. The van der Waals surface area contributed by atoms with Crippen LogP contribution in [0.3, 0.4) is 0 Å². The fraction of sp³-hybridized carbons (Fsp3) is 0.0714. The molecular weight excluding hydrogens is 283 g/mol. The molecule has 0 heterocycles. The molecule has 0 aliphatic rings. The van der Waals surface area contributed by atoms with Gasteiger partial charge in [-0.1, -0.05) is 12.1 Å². The van der Waals surface area contributed by atoms with Gasteiger partial charge in [-0.2, -0.15) is 0 Å². The van der Waals surface area contributed by atoms with Crippen LogP contribution in [-0.2, 0) is 9.84 Å². The Hall–Kier alpha value is -2.21. The van der Waals surface area contributed by atoms with Gasteiger partial charge in [0.25, 0.3) is 0 Å². The van der Waals surface area contributed by atoms with Crippen molar-refractivity contribution in [3.8, 4) is 11.5 Å². The van der Waals surface area contributed by atoms with Crippen molar-refractivity contribution in [2.24, 2.45) is 0 Å². The molecule has 4 nitrogen and oxygen atoms in total. The van der Waals surface area contributed by atoms with Gasteiger partial charge in [-0.15, -0.1) is 0 Å². The summed E-state index contributed by atoms with van der Waals surface area (Å²) in [7, 11) is -3.39. The highest BCUT2D eigenvalue weighted by atomic mass is 32.2. The summed E-state index contributed by atoms with van der Waals surface area (Å²) in [4.78, 5) is 10.9. The van der Waals surface area contributed by atoms with E-state index in [1.165, 1.54) is 36.4 Å². The Morgan fingerprint density at radius 2 is 1.85 bits per heavy atom. The lowest BCUT2D eigenvalue weighted by atomic mass is 10.2. The average molecular weight is 294 g/mol. The van der Waals surface area contributed by atoms with Gasteiger partial charge < -0.3 is 4.74 Å². The summed E-state index contributed by atoms with van der Waals surface area (Å²) < 4.78 is 41.8. The highest BCUT2D eigenvalue weighted by molar-refractivity contribution is 7.90. The number of halogens is 1. The zero-order valence-corrected chi connectivity index (χ0v) is 11.4. The number of hydrogen-bond donors (Lipinski definition) is 0. The van der Waals surface area contributed by atoms with Gasteiger partial charge in [0, 0.05) is 6.26 Å². The summed E-state index contributed by atoms with van der Waals surface area (Å²) in [5, 5.41) is 0. The van der Waals surface area contributed by atoms with E-state index in [0.717, 1.165) is 12.3 Å². The van der Waals surface area contributed by atoms with Gasteiger partial charge in [-0.25, -0.2) is 12.8 Å². The first kappa shape index (κ1) is 14.2. The van der Waals surface area contributed by atoms with Crippen LogP contribution in [0.4, 0.5) is 4.39 Å². The summed E-state index contributed by atoms with van der Waals surface area (Å²) in [6, 6.07) is 9.59. The van der Waals surface area contributed by atoms with Gasteiger partial charge in [0.15, 0.2) is 27.7 Å². The number of rotatable bonds is 4. The van der Waals surface area contributed by atoms with Crippen molar-refractivity contribution in [2.75, 3.05) is 6.26 Å². The first-order valence-electron chi connectivity index (χ1n) is 5.63. The van der Waals surface area contributed by atoms with Crippen LogP contribution in [-0.4, -0.2) is 21.0 Å². The first-order valence-corrected chi connectivity index (χ1v) is 7.52. The van der Waals surface area contributed by atoms with Gasteiger partial charge in [-0.3, -0.25) is 4.79 Å². The third-order valence-electron chi connectivity index (χ3n) is 2.58.